The van der Waals surface area contributed by atoms with Crippen LogP contribution in [0.4, 0.5) is 4.39 Å². The minimum atomic E-state index is -4.49. The molecule has 0 spiro atoms. The van der Waals surface area contributed by atoms with Crippen molar-refractivity contribution in [2.24, 2.45) is 0 Å². The van der Waals surface area contributed by atoms with Gasteiger partial charge in [-0.3, -0.25) is 23.7 Å². The van der Waals surface area contributed by atoms with E-state index in [4.69, 9.17) is 30.1 Å². The van der Waals surface area contributed by atoms with Gasteiger partial charge in [-0.25, -0.2) is 13.8 Å². The molecular formula is C24H28ClFN3O9P. The van der Waals surface area contributed by atoms with Gasteiger partial charge in [-0.05, 0) is 44.7 Å². The maximum absolute atomic E-state index is 15.8. The van der Waals surface area contributed by atoms with Gasteiger partial charge in [-0.2, -0.15) is 5.09 Å². The van der Waals surface area contributed by atoms with Gasteiger partial charge in [0.25, 0.3) is 10.7 Å². The van der Waals surface area contributed by atoms with Crippen LogP contribution in [0.2, 0.25) is 0 Å². The highest BCUT2D eigenvalue weighted by atomic mass is 35.5. The number of H-pyrrole nitrogens is 1. The van der Waals surface area contributed by atoms with Crippen molar-refractivity contribution >= 4 is 25.3 Å². The summed E-state index contributed by atoms with van der Waals surface area (Å²) in [5.41, 5.74) is -4.28. The minimum Gasteiger partial charge on any atom is -0.461 e. The largest absolute Gasteiger partial charge is 0.461 e. The normalized spacial score (nSPS) is 32.6. The summed E-state index contributed by atoms with van der Waals surface area (Å²) in [7, 11) is -4.49. The lowest BCUT2D eigenvalue weighted by atomic mass is 9.98. The number of nitrogens with one attached hydrogen (secondary N) is 2. The molecule has 2 aliphatic carbocycles. The maximum atomic E-state index is 15.8. The number of nitrogens with zero attached hydrogens (tertiary/aromatic N) is 1. The molecule has 1 saturated heterocycles. The van der Waals surface area contributed by atoms with Crippen LogP contribution in [0.3, 0.4) is 0 Å². The number of aliphatic hydroxyl groups is 1. The summed E-state index contributed by atoms with van der Waals surface area (Å²) in [4.78, 5) is 38.2. The molecular weight excluding hydrogens is 560 g/mol. The van der Waals surface area contributed by atoms with Crippen molar-refractivity contribution in [3.05, 3.63) is 63.4 Å². The summed E-state index contributed by atoms with van der Waals surface area (Å²) < 4.78 is 52.5. The Labute approximate surface area is 227 Å². The molecule has 3 aliphatic rings. The molecule has 0 bridgehead atoms. The Kier molecular flexibility index (Phi) is 7.51. The van der Waals surface area contributed by atoms with Gasteiger partial charge in [0.05, 0.1) is 0 Å². The molecule has 1 aliphatic heterocycles. The van der Waals surface area contributed by atoms with Gasteiger partial charge in [-0.15, -0.1) is 0 Å². The Morgan fingerprint density at radius 1 is 1.26 bits per heavy atom. The van der Waals surface area contributed by atoms with Crippen molar-refractivity contribution < 1.29 is 37.4 Å². The van der Waals surface area contributed by atoms with Crippen molar-refractivity contribution in [1.29, 1.82) is 0 Å². The number of rotatable bonds is 9. The smallest absolute Gasteiger partial charge is 0.459 e. The summed E-state index contributed by atoms with van der Waals surface area (Å²) in [5.74, 6) is -0.571. The van der Waals surface area contributed by atoms with E-state index in [2.05, 4.69) is 5.09 Å². The van der Waals surface area contributed by atoms with E-state index in [1.54, 1.807) is 18.2 Å². The second-order valence-corrected chi connectivity index (χ2v) is 12.0. The molecule has 1 aromatic heterocycles. The lowest BCUT2D eigenvalue weighted by molar-refractivity contribution is -0.152. The number of hydrogen-bond acceptors (Lipinski definition) is 9. The summed E-state index contributed by atoms with van der Waals surface area (Å²) in [6, 6.07) is 7.69. The van der Waals surface area contributed by atoms with Crippen molar-refractivity contribution in [1.82, 2.24) is 14.6 Å². The van der Waals surface area contributed by atoms with Crippen LogP contribution in [0.1, 0.15) is 45.3 Å². The Morgan fingerprint density at radius 3 is 2.56 bits per heavy atom. The highest BCUT2D eigenvalue weighted by molar-refractivity contribution is 7.52. The zero-order chi connectivity index (χ0) is 28.0. The Hall–Kier alpha value is -2.54. The minimum absolute atomic E-state index is 0.106. The van der Waals surface area contributed by atoms with Crippen LogP contribution in [0, 0.1) is 0 Å². The van der Waals surface area contributed by atoms with Crippen LogP contribution in [0.5, 0.6) is 5.75 Å². The van der Waals surface area contributed by atoms with Gasteiger partial charge < -0.3 is 19.1 Å². The molecule has 2 unspecified atom stereocenters. The fraction of sp³-hybridized carbons (Fsp3) is 0.542. The third-order valence-electron chi connectivity index (χ3n) is 7.02. The van der Waals surface area contributed by atoms with E-state index in [1.807, 2.05) is 4.98 Å². The number of alkyl halides is 2. The third kappa shape index (κ3) is 5.31. The molecule has 212 valence electrons. The van der Waals surface area contributed by atoms with E-state index in [0.29, 0.717) is 4.57 Å². The van der Waals surface area contributed by atoms with Gasteiger partial charge in [0, 0.05) is 12.3 Å². The van der Waals surface area contributed by atoms with Crippen LogP contribution in [0.15, 0.2) is 52.2 Å². The molecule has 3 fully saturated rings. The standard InChI is InChI=1S/C24H28ClFN3O9P/c1-14(20(31)35-15-8-4-2-5-9-15)28-39(34,37-16-10-6-3-7-11-16)38-19-18-23(19,33)24(25,26)21(36-18)29-13-12-17(30)27-22(29)32/h3,6-7,10-15,18-19,21,33H,2,4-5,8-9H2,1H3,(H,28,34)(H,27,30,32)/t14-,18+,19?,21+,23-,24-,39?/m0/s1. The third-order valence-corrected chi connectivity index (χ3v) is 9.17. The molecule has 5 rings (SSSR count). The number of hydrogen-bond donors (Lipinski definition) is 3. The van der Waals surface area contributed by atoms with E-state index in [9.17, 15) is 24.1 Å². The number of esters is 1. The predicted molar refractivity (Wildman–Crippen MR) is 135 cm³/mol. The molecule has 7 atom stereocenters. The highest BCUT2D eigenvalue weighted by Crippen LogP contribution is 2.67. The summed E-state index contributed by atoms with van der Waals surface area (Å²) in [6.45, 7) is 1.41. The number of ether oxygens (including phenoxy) is 2. The lowest BCUT2D eigenvalue weighted by Gasteiger charge is -2.30. The number of fused-ring (bicyclic) bond motifs is 1. The summed E-state index contributed by atoms with van der Waals surface area (Å²) >= 11 is 6.06. The van der Waals surface area contributed by atoms with E-state index in [1.165, 1.54) is 19.1 Å². The second-order valence-electron chi connectivity index (χ2n) is 9.85. The molecule has 2 saturated carbocycles. The van der Waals surface area contributed by atoms with Gasteiger partial charge in [0.15, 0.2) is 11.8 Å². The van der Waals surface area contributed by atoms with Crippen molar-refractivity contribution in [2.75, 3.05) is 0 Å². The summed E-state index contributed by atoms with van der Waals surface area (Å²) in [6.07, 6.45) is 0.246. The zero-order valence-electron chi connectivity index (χ0n) is 20.8. The van der Waals surface area contributed by atoms with Crippen molar-refractivity contribution in [2.45, 2.75) is 80.3 Å². The van der Waals surface area contributed by atoms with Crippen LogP contribution in [0.25, 0.3) is 0 Å². The first-order chi connectivity index (χ1) is 18.4. The number of carbonyl (C=O) groups is 1. The fourth-order valence-corrected chi connectivity index (χ4v) is 6.94. The average Bonchev–Trinajstić information content (AvgIpc) is 3.38. The number of halogens is 2. The molecule has 2 aromatic rings. The Morgan fingerprint density at radius 2 is 1.95 bits per heavy atom. The molecule has 0 radical (unpaired) electrons. The number of carbonyl (C=O) groups excluding carboxylic acids is 1. The molecule has 15 heteroatoms. The number of benzene rings is 1. The van der Waals surface area contributed by atoms with E-state index in [-0.39, 0.29) is 11.9 Å². The van der Waals surface area contributed by atoms with Crippen LogP contribution < -0.4 is 20.9 Å². The predicted octanol–water partition coefficient (Wildman–Crippen LogP) is 2.51. The van der Waals surface area contributed by atoms with Crippen LogP contribution in [-0.2, 0) is 23.4 Å². The SMILES string of the molecule is C[C@H](NP(=O)(Oc1ccccc1)OC1[C@H]2O[C@@H](n3ccc(=O)[nH]c3=O)[C@@](F)(Cl)[C@@]12O)C(=O)OC1CCCCC1. The lowest BCUT2D eigenvalue weighted by Crippen LogP contribution is -2.47. The molecule has 12 nitrogen and oxygen atoms in total. The van der Waals surface area contributed by atoms with Gasteiger partial charge in [-0.1, -0.05) is 36.2 Å². The first-order valence-electron chi connectivity index (χ1n) is 12.5. The van der Waals surface area contributed by atoms with Crippen molar-refractivity contribution in [3.63, 3.8) is 0 Å². The molecule has 3 N–H and O–H groups in total. The second kappa shape index (κ2) is 10.5. The first-order valence-corrected chi connectivity index (χ1v) is 14.5. The maximum Gasteiger partial charge on any atom is 0.459 e. The number of para-hydroxylation sites is 1. The van der Waals surface area contributed by atoms with Crippen molar-refractivity contribution in [3.8, 4) is 5.75 Å². The molecule has 0 amide bonds. The van der Waals surface area contributed by atoms with Crippen LogP contribution >= 0.6 is 19.3 Å². The van der Waals surface area contributed by atoms with Gasteiger partial charge in [0.2, 0.25) is 0 Å². The molecule has 2 heterocycles. The molecule has 39 heavy (non-hydrogen) atoms. The average molecular weight is 588 g/mol. The van der Waals surface area contributed by atoms with E-state index in [0.717, 1.165) is 44.4 Å². The zero-order valence-corrected chi connectivity index (χ0v) is 22.5. The Balaban J connectivity index is 1.34. The Bertz CT molecular complexity index is 1380. The van der Waals surface area contributed by atoms with Crippen LogP contribution in [-0.4, -0.2) is 55.7 Å². The highest BCUT2D eigenvalue weighted by Gasteiger charge is 2.87. The number of aromatic nitrogens is 2. The van der Waals surface area contributed by atoms with Gasteiger partial charge in [0.1, 0.15) is 30.1 Å². The van der Waals surface area contributed by atoms with E-state index >= 15 is 4.39 Å². The first kappa shape index (κ1) is 28.0. The number of aromatic amines is 1. The topological polar surface area (TPSA) is 158 Å². The monoisotopic (exact) mass is 587 g/mol. The van der Waals surface area contributed by atoms with Gasteiger partial charge >= 0.3 is 19.4 Å². The molecule has 1 aromatic carbocycles. The summed E-state index contributed by atoms with van der Waals surface area (Å²) in [5, 5.41) is 10.5. The quantitative estimate of drug-likeness (QED) is 0.226. The van der Waals surface area contributed by atoms with E-state index < -0.39 is 60.2 Å². The fourth-order valence-electron chi connectivity index (χ4n) is 4.87.